The highest BCUT2D eigenvalue weighted by Gasteiger charge is 2.77. The molecule has 1 unspecified atom stereocenters. The van der Waals surface area contributed by atoms with Gasteiger partial charge in [-0.1, -0.05) is 72.2 Å². The minimum absolute atomic E-state index is 0.0531. The number of allylic oxidation sites excluding steroid dienone is 7. The van der Waals surface area contributed by atoms with Crippen molar-refractivity contribution in [2.45, 2.75) is 113 Å². The highest BCUT2D eigenvalue weighted by atomic mass is 16.5. The molecule has 0 aromatic heterocycles. The molecule has 5 heteroatoms. The number of aliphatic hydroxyl groups is 1. The Morgan fingerprint density at radius 3 is 2.12 bits per heavy atom. The second-order valence-electron chi connectivity index (χ2n) is 14.6. The van der Waals surface area contributed by atoms with Gasteiger partial charge in [0.25, 0.3) is 0 Å². The highest BCUT2D eigenvalue weighted by Crippen LogP contribution is 2.69. The Balaban J connectivity index is 2.17. The van der Waals surface area contributed by atoms with E-state index in [1.54, 1.807) is 26.0 Å². The molecule has 1 fully saturated rings. The molecule has 0 radical (unpaired) electrons. The standard InChI is InChI=1S/C38H50O5/c1-24(2)14-13-20-36(9)28(18-17-25(3)4)23-37(21-19-26(5)6)32(41)29-22-30(39)35(7,8)43-33(29)38(36,34(37)42)31(40)27-15-11-10-12-16-27/h10-12,14-17,19,28,30,39H,13,18,20-23H2,1-9H3/t28?,30-,36+,37-,38+/m0/s1. The Hall–Kier alpha value is -3.05. The molecule has 0 saturated heterocycles. The van der Waals surface area contributed by atoms with Gasteiger partial charge in [-0.05, 0) is 98.8 Å². The van der Waals surface area contributed by atoms with Crippen molar-refractivity contribution in [1.82, 2.24) is 0 Å². The zero-order valence-corrected chi connectivity index (χ0v) is 27.6. The maximum Gasteiger partial charge on any atom is 0.184 e. The quantitative estimate of drug-likeness (QED) is 0.179. The maximum absolute atomic E-state index is 15.6. The van der Waals surface area contributed by atoms with E-state index in [2.05, 4.69) is 46.8 Å². The van der Waals surface area contributed by atoms with E-state index in [9.17, 15) is 9.90 Å². The number of Topliss-reactive ketones (excluding diaryl/α,β-unsaturated/α-hetero) is 3. The number of carbonyl (C=O) groups excluding carboxylic acids is 3. The van der Waals surface area contributed by atoms with Crippen LogP contribution in [0, 0.1) is 22.2 Å². The van der Waals surface area contributed by atoms with Gasteiger partial charge in [0.15, 0.2) is 22.8 Å². The Kier molecular flexibility index (Phi) is 9.02. The first-order valence-corrected chi connectivity index (χ1v) is 15.7. The molecule has 2 aliphatic carbocycles. The van der Waals surface area contributed by atoms with Gasteiger partial charge in [-0.15, -0.1) is 0 Å². The lowest BCUT2D eigenvalue weighted by molar-refractivity contribution is -0.179. The normalized spacial score (nSPS) is 31.0. The number of ether oxygens (including phenoxy) is 1. The molecule has 3 aliphatic rings. The van der Waals surface area contributed by atoms with E-state index in [1.807, 2.05) is 38.1 Å². The third-order valence-corrected chi connectivity index (χ3v) is 10.3. The van der Waals surface area contributed by atoms with Crippen molar-refractivity contribution in [2.24, 2.45) is 22.2 Å². The molecular weight excluding hydrogens is 536 g/mol. The predicted octanol–water partition coefficient (Wildman–Crippen LogP) is 8.29. The molecule has 0 spiro atoms. The van der Waals surface area contributed by atoms with Crippen LogP contribution in [0.5, 0.6) is 0 Å². The highest BCUT2D eigenvalue weighted by molar-refractivity contribution is 6.30. The number of hydrogen-bond donors (Lipinski definition) is 1. The van der Waals surface area contributed by atoms with E-state index >= 15 is 9.59 Å². The summed E-state index contributed by atoms with van der Waals surface area (Å²) in [6.07, 6.45) is 7.88. The van der Waals surface area contributed by atoms with Crippen LogP contribution in [0.15, 0.2) is 76.6 Å². The van der Waals surface area contributed by atoms with E-state index in [0.29, 0.717) is 36.8 Å². The number of hydrogen-bond acceptors (Lipinski definition) is 5. The lowest BCUT2D eigenvalue weighted by Crippen LogP contribution is -2.71. The van der Waals surface area contributed by atoms with Gasteiger partial charge in [-0.3, -0.25) is 14.4 Å². The van der Waals surface area contributed by atoms with E-state index < -0.39 is 27.9 Å². The molecule has 1 aromatic carbocycles. The first-order valence-electron chi connectivity index (χ1n) is 15.7. The van der Waals surface area contributed by atoms with Crippen molar-refractivity contribution >= 4 is 17.3 Å². The fraction of sp³-hybridized carbons (Fsp3) is 0.553. The number of aliphatic hydroxyl groups excluding tert-OH is 1. The Labute approximate surface area is 258 Å². The summed E-state index contributed by atoms with van der Waals surface area (Å²) < 4.78 is 6.65. The molecule has 2 bridgehead atoms. The van der Waals surface area contributed by atoms with Crippen LogP contribution in [0.3, 0.4) is 0 Å². The fourth-order valence-corrected chi connectivity index (χ4v) is 7.63. The van der Waals surface area contributed by atoms with Crippen LogP contribution < -0.4 is 0 Å². The zero-order chi connectivity index (χ0) is 32.0. The predicted molar refractivity (Wildman–Crippen MR) is 171 cm³/mol. The number of carbonyl (C=O) groups is 3. The summed E-state index contributed by atoms with van der Waals surface area (Å²) in [5, 5.41) is 11.2. The lowest BCUT2D eigenvalue weighted by Gasteiger charge is -2.63. The summed E-state index contributed by atoms with van der Waals surface area (Å²) in [6, 6.07) is 9.00. The van der Waals surface area contributed by atoms with Crippen molar-refractivity contribution < 1.29 is 24.2 Å². The number of rotatable bonds is 9. The molecule has 1 saturated carbocycles. The molecule has 1 aliphatic heterocycles. The van der Waals surface area contributed by atoms with Crippen molar-refractivity contribution in [3.05, 3.63) is 82.2 Å². The molecule has 1 aromatic rings. The van der Waals surface area contributed by atoms with E-state index in [4.69, 9.17) is 4.74 Å². The summed E-state index contributed by atoms with van der Waals surface area (Å²) in [5.74, 6) is -0.907. The SMILES string of the molecule is CC(C)=CCC[C@]1(C)C(CC=C(C)C)C[C@@]2(CC=C(C)C)C(=O)C3=C(OC(C)(C)[C@@H](O)C3)[C@]1(C(=O)c1ccccc1)C2=O. The second-order valence-corrected chi connectivity index (χ2v) is 14.6. The monoisotopic (exact) mass is 586 g/mol. The number of fused-ring (bicyclic) bond motifs is 3. The van der Waals surface area contributed by atoms with Crippen LogP contribution in [0.25, 0.3) is 0 Å². The van der Waals surface area contributed by atoms with E-state index in [-0.39, 0.29) is 41.9 Å². The van der Waals surface area contributed by atoms with Gasteiger partial charge < -0.3 is 9.84 Å². The van der Waals surface area contributed by atoms with Gasteiger partial charge in [0.2, 0.25) is 0 Å². The molecule has 5 nitrogen and oxygen atoms in total. The van der Waals surface area contributed by atoms with Crippen LogP contribution in [0.1, 0.15) is 111 Å². The van der Waals surface area contributed by atoms with E-state index in [1.165, 1.54) is 5.57 Å². The van der Waals surface area contributed by atoms with Gasteiger partial charge in [0.1, 0.15) is 11.4 Å². The average Bonchev–Trinajstić information content (AvgIpc) is 2.93. The largest absolute Gasteiger partial charge is 0.487 e. The van der Waals surface area contributed by atoms with E-state index in [0.717, 1.165) is 11.1 Å². The summed E-state index contributed by atoms with van der Waals surface area (Å²) in [7, 11) is 0. The summed E-state index contributed by atoms with van der Waals surface area (Å²) in [4.78, 5) is 45.6. The second kappa shape index (κ2) is 11.8. The van der Waals surface area contributed by atoms with Crippen LogP contribution in [0.4, 0.5) is 0 Å². The molecule has 1 N–H and O–H groups in total. The first-order chi connectivity index (χ1) is 20.0. The molecular formula is C38H50O5. The third kappa shape index (κ3) is 5.32. The van der Waals surface area contributed by atoms with Gasteiger partial charge in [0.05, 0.1) is 11.5 Å². The topological polar surface area (TPSA) is 80.7 Å². The molecule has 4 rings (SSSR count). The Morgan fingerprint density at radius 1 is 0.930 bits per heavy atom. The lowest BCUT2D eigenvalue weighted by atomic mass is 9.38. The third-order valence-electron chi connectivity index (χ3n) is 10.3. The van der Waals surface area contributed by atoms with Crippen molar-refractivity contribution in [2.75, 3.05) is 0 Å². The summed E-state index contributed by atoms with van der Waals surface area (Å²) >= 11 is 0. The molecule has 232 valence electrons. The Morgan fingerprint density at radius 2 is 1.53 bits per heavy atom. The van der Waals surface area contributed by atoms with Gasteiger partial charge in [-0.2, -0.15) is 0 Å². The van der Waals surface area contributed by atoms with Gasteiger partial charge in [-0.25, -0.2) is 0 Å². The van der Waals surface area contributed by atoms with Crippen LogP contribution >= 0.6 is 0 Å². The molecule has 5 atom stereocenters. The van der Waals surface area contributed by atoms with Gasteiger partial charge in [0, 0.05) is 17.6 Å². The average molecular weight is 587 g/mol. The smallest absolute Gasteiger partial charge is 0.184 e. The van der Waals surface area contributed by atoms with Crippen molar-refractivity contribution in [3.63, 3.8) is 0 Å². The minimum atomic E-state index is -1.72. The summed E-state index contributed by atoms with van der Waals surface area (Å²) in [6.45, 7) is 17.8. The molecule has 0 amide bonds. The number of benzene rings is 1. The van der Waals surface area contributed by atoms with Crippen molar-refractivity contribution in [3.8, 4) is 0 Å². The van der Waals surface area contributed by atoms with Gasteiger partial charge >= 0.3 is 0 Å². The maximum atomic E-state index is 15.6. The fourth-order valence-electron chi connectivity index (χ4n) is 7.63. The first kappa shape index (κ1) is 32.9. The molecule has 43 heavy (non-hydrogen) atoms. The number of ketones is 3. The van der Waals surface area contributed by atoms with Crippen molar-refractivity contribution in [1.29, 1.82) is 0 Å². The summed E-state index contributed by atoms with van der Waals surface area (Å²) in [5.41, 5.74) is -1.03. The minimum Gasteiger partial charge on any atom is -0.487 e. The Bertz CT molecular complexity index is 1410. The van der Waals surface area contributed by atoms with Crippen LogP contribution in [0.2, 0.25) is 0 Å². The van der Waals surface area contributed by atoms with Crippen LogP contribution in [-0.4, -0.2) is 34.2 Å². The molecule has 1 heterocycles. The van der Waals surface area contributed by atoms with Crippen LogP contribution in [-0.2, 0) is 14.3 Å². The zero-order valence-electron chi connectivity index (χ0n) is 27.6.